The van der Waals surface area contributed by atoms with E-state index in [2.05, 4.69) is 32.1 Å². The molecule has 3 aromatic rings. The fraction of sp³-hybridized carbons (Fsp3) is 0.200. The summed E-state index contributed by atoms with van der Waals surface area (Å²) in [6, 6.07) is 2.78. The summed E-state index contributed by atoms with van der Waals surface area (Å²) in [6.07, 6.45) is 5.70. The number of thiazole rings is 1. The molecule has 0 fully saturated rings. The maximum atomic E-state index is 13.8. The van der Waals surface area contributed by atoms with Crippen LogP contribution in [0, 0.1) is 11.6 Å². The smallest absolute Gasteiger partial charge is 0.259 e. The highest BCUT2D eigenvalue weighted by Gasteiger charge is 2.21. The number of nitrogens with one attached hydrogen (secondary N) is 1. The summed E-state index contributed by atoms with van der Waals surface area (Å²) in [5.41, 5.74) is 2.76. The van der Waals surface area contributed by atoms with Crippen LogP contribution in [0.4, 0.5) is 19.7 Å². The molecule has 0 saturated heterocycles. The van der Waals surface area contributed by atoms with E-state index >= 15 is 0 Å². The van der Waals surface area contributed by atoms with Gasteiger partial charge in [-0.3, -0.25) is 9.78 Å². The van der Waals surface area contributed by atoms with Gasteiger partial charge in [0, 0.05) is 30.7 Å². The summed E-state index contributed by atoms with van der Waals surface area (Å²) in [7, 11) is 0. The van der Waals surface area contributed by atoms with Crippen molar-refractivity contribution in [3.8, 4) is 0 Å². The normalized spacial score (nSPS) is 14.2. The number of carbonyl (C=O) groups excluding carboxylic acids is 1. The molecule has 0 unspecified atom stereocenters. The van der Waals surface area contributed by atoms with Crippen molar-refractivity contribution in [1.29, 1.82) is 0 Å². The minimum atomic E-state index is -0.933. The van der Waals surface area contributed by atoms with E-state index in [0.29, 0.717) is 12.6 Å². The summed E-state index contributed by atoms with van der Waals surface area (Å²) < 4.78 is 26.8. The number of rotatable bonds is 4. The molecule has 9 heteroatoms. The Labute approximate surface area is 170 Å². The zero-order valence-corrected chi connectivity index (χ0v) is 16.3. The van der Waals surface area contributed by atoms with Gasteiger partial charge < -0.3 is 10.2 Å². The Morgan fingerprint density at radius 3 is 2.76 bits per heavy atom. The number of anilines is 2. The van der Waals surface area contributed by atoms with Crippen LogP contribution in [0.2, 0.25) is 0 Å². The molecule has 4 rings (SSSR count). The fourth-order valence-electron chi connectivity index (χ4n) is 3.10. The zero-order chi connectivity index (χ0) is 20.4. The summed E-state index contributed by atoms with van der Waals surface area (Å²) in [4.78, 5) is 27.4. The van der Waals surface area contributed by atoms with Gasteiger partial charge in [-0.15, -0.1) is 11.3 Å². The van der Waals surface area contributed by atoms with E-state index in [1.54, 1.807) is 23.7 Å². The largest absolute Gasteiger partial charge is 0.343 e. The summed E-state index contributed by atoms with van der Waals surface area (Å²) in [5, 5.41) is 5.39. The number of hydrogen-bond acceptors (Lipinski definition) is 6. The average Bonchev–Trinajstić information content (AvgIpc) is 3.24. The van der Waals surface area contributed by atoms with Gasteiger partial charge in [0.15, 0.2) is 10.9 Å². The lowest BCUT2D eigenvalue weighted by Crippen LogP contribution is -2.31. The molecule has 3 heterocycles. The van der Waals surface area contributed by atoms with Crippen LogP contribution < -0.4 is 10.2 Å². The van der Waals surface area contributed by atoms with Crippen molar-refractivity contribution in [3.63, 3.8) is 0 Å². The van der Waals surface area contributed by atoms with Crippen molar-refractivity contribution in [3.05, 3.63) is 70.6 Å². The molecule has 148 valence electrons. The molecular formula is C20H17F2N5OS. The Hall–Kier alpha value is -3.20. The van der Waals surface area contributed by atoms with Crippen molar-refractivity contribution >= 4 is 33.8 Å². The standard InChI is InChI=1S/C20H17F2N5OS/c1-12-4-6-27(20-23-5-7-29-20)11-15(12)17-9-25-18(10-24-17)26-19(28)14-3-2-13(21)8-16(14)22/h2-3,5,7-10H,4,6,11H2,1H3,(H,25,26,28). The Balaban J connectivity index is 1.49. The second-order valence-electron chi connectivity index (χ2n) is 6.61. The van der Waals surface area contributed by atoms with Crippen molar-refractivity contribution in [2.45, 2.75) is 13.3 Å². The van der Waals surface area contributed by atoms with Crippen LogP contribution in [0.5, 0.6) is 0 Å². The van der Waals surface area contributed by atoms with Crippen LogP contribution >= 0.6 is 11.3 Å². The minimum absolute atomic E-state index is 0.188. The van der Waals surface area contributed by atoms with Crippen LogP contribution in [-0.2, 0) is 0 Å². The fourth-order valence-corrected chi connectivity index (χ4v) is 3.77. The van der Waals surface area contributed by atoms with E-state index in [0.717, 1.165) is 41.5 Å². The Morgan fingerprint density at radius 2 is 2.07 bits per heavy atom. The third-order valence-electron chi connectivity index (χ3n) is 4.69. The van der Waals surface area contributed by atoms with Crippen molar-refractivity contribution in [1.82, 2.24) is 15.0 Å². The SMILES string of the molecule is CC1=C(c2cnc(NC(=O)c3ccc(F)cc3F)cn2)CN(c2nccs2)CC1. The molecule has 0 radical (unpaired) electrons. The van der Waals surface area contributed by atoms with Gasteiger partial charge in [-0.2, -0.15) is 0 Å². The molecular weight excluding hydrogens is 396 g/mol. The van der Waals surface area contributed by atoms with Gasteiger partial charge in [-0.25, -0.2) is 18.7 Å². The summed E-state index contributed by atoms with van der Waals surface area (Å²) >= 11 is 1.59. The Bertz CT molecular complexity index is 1070. The van der Waals surface area contributed by atoms with Gasteiger partial charge in [0.1, 0.15) is 11.6 Å². The molecule has 6 nitrogen and oxygen atoms in total. The predicted octanol–water partition coefficient (Wildman–Crippen LogP) is 4.15. The first-order chi connectivity index (χ1) is 14.0. The first kappa shape index (κ1) is 19.1. The molecule has 0 atom stereocenters. The highest BCUT2D eigenvalue weighted by Crippen LogP contribution is 2.29. The molecule has 0 saturated carbocycles. The number of aromatic nitrogens is 3. The average molecular weight is 413 g/mol. The second kappa shape index (κ2) is 8.04. The Kier molecular flexibility index (Phi) is 5.30. The molecule has 0 aliphatic carbocycles. The molecule has 0 bridgehead atoms. The molecule has 1 amide bonds. The number of hydrogen-bond donors (Lipinski definition) is 1. The zero-order valence-electron chi connectivity index (χ0n) is 15.5. The first-order valence-electron chi connectivity index (χ1n) is 8.93. The Morgan fingerprint density at radius 1 is 1.21 bits per heavy atom. The van der Waals surface area contributed by atoms with Crippen LogP contribution in [0.15, 0.2) is 47.7 Å². The number of carbonyl (C=O) groups is 1. The molecule has 1 aliphatic heterocycles. The van der Waals surface area contributed by atoms with Gasteiger partial charge in [0.25, 0.3) is 5.91 Å². The molecule has 1 aliphatic rings. The van der Waals surface area contributed by atoms with Crippen molar-refractivity contribution in [2.24, 2.45) is 0 Å². The van der Waals surface area contributed by atoms with E-state index in [4.69, 9.17) is 0 Å². The number of benzene rings is 1. The monoisotopic (exact) mass is 413 g/mol. The second-order valence-corrected chi connectivity index (χ2v) is 7.48. The highest BCUT2D eigenvalue weighted by atomic mass is 32.1. The molecule has 1 N–H and O–H groups in total. The van der Waals surface area contributed by atoms with Gasteiger partial charge in [-0.1, -0.05) is 5.57 Å². The quantitative estimate of drug-likeness (QED) is 0.696. The van der Waals surface area contributed by atoms with E-state index in [-0.39, 0.29) is 11.4 Å². The summed E-state index contributed by atoms with van der Waals surface area (Å²) in [5.74, 6) is -2.20. The lowest BCUT2D eigenvalue weighted by Gasteiger charge is -2.29. The molecule has 0 spiro atoms. The topological polar surface area (TPSA) is 71.0 Å². The maximum Gasteiger partial charge on any atom is 0.259 e. The molecule has 2 aromatic heterocycles. The van der Waals surface area contributed by atoms with Gasteiger partial charge >= 0.3 is 0 Å². The van der Waals surface area contributed by atoms with Crippen LogP contribution in [0.1, 0.15) is 29.4 Å². The minimum Gasteiger partial charge on any atom is -0.343 e. The number of amides is 1. The number of nitrogens with zero attached hydrogens (tertiary/aromatic N) is 4. The van der Waals surface area contributed by atoms with E-state index < -0.39 is 17.5 Å². The number of halogens is 2. The van der Waals surface area contributed by atoms with Crippen molar-refractivity contribution < 1.29 is 13.6 Å². The third kappa shape index (κ3) is 4.14. The van der Waals surface area contributed by atoms with E-state index in [1.807, 2.05) is 5.38 Å². The third-order valence-corrected chi connectivity index (χ3v) is 5.52. The lowest BCUT2D eigenvalue weighted by atomic mass is 9.99. The van der Waals surface area contributed by atoms with E-state index in [1.165, 1.54) is 11.8 Å². The maximum absolute atomic E-state index is 13.8. The van der Waals surface area contributed by atoms with Gasteiger partial charge in [0.2, 0.25) is 0 Å². The first-order valence-corrected chi connectivity index (χ1v) is 9.81. The van der Waals surface area contributed by atoms with Gasteiger partial charge in [-0.05, 0) is 31.1 Å². The molecule has 1 aromatic carbocycles. The van der Waals surface area contributed by atoms with Crippen LogP contribution in [0.25, 0.3) is 5.57 Å². The van der Waals surface area contributed by atoms with E-state index in [9.17, 15) is 13.6 Å². The predicted molar refractivity (Wildman–Crippen MR) is 108 cm³/mol. The lowest BCUT2D eigenvalue weighted by molar-refractivity contribution is 0.102. The van der Waals surface area contributed by atoms with Gasteiger partial charge in [0.05, 0.1) is 23.7 Å². The van der Waals surface area contributed by atoms with Crippen LogP contribution in [0.3, 0.4) is 0 Å². The van der Waals surface area contributed by atoms with Crippen LogP contribution in [-0.4, -0.2) is 33.9 Å². The summed E-state index contributed by atoms with van der Waals surface area (Å²) in [6.45, 7) is 3.65. The van der Waals surface area contributed by atoms with Crippen molar-refractivity contribution in [2.75, 3.05) is 23.3 Å². The highest BCUT2D eigenvalue weighted by molar-refractivity contribution is 7.13. The molecule has 29 heavy (non-hydrogen) atoms.